The molecule has 8 aromatic carbocycles. The molecule has 4 nitrogen and oxygen atoms in total. The summed E-state index contributed by atoms with van der Waals surface area (Å²) in [5, 5.41) is 0. The summed E-state index contributed by atoms with van der Waals surface area (Å²) < 4.78 is 7.20. The van der Waals surface area contributed by atoms with E-state index in [0.717, 1.165) is 44.9 Å². The first kappa shape index (κ1) is 33.7. The van der Waals surface area contributed by atoms with Gasteiger partial charge in [0.2, 0.25) is 0 Å². The zero-order valence-corrected chi connectivity index (χ0v) is 32.6. The van der Waals surface area contributed by atoms with Crippen LogP contribution in [0, 0.1) is 0 Å². The van der Waals surface area contributed by atoms with E-state index in [1.54, 1.807) is 0 Å². The van der Waals surface area contributed by atoms with Crippen LogP contribution in [0.25, 0.3) is 67.5 Å². The minimum atomic E-state index is -0.538. The van der Waals surface area contributed by atoms with Gasteiger partial charge in [-0.1, -0.05) is 196 Å². The van der Waals surface area contributed by atoms with Crippen molar-refractivity contribution in [1.29, 1.82) is 0 Å². The minimum absolute atomic E-state index is 0.400. The van der Waals surface area contributed by atoms with Gasteiger partial charge < -0.3 is 4.74 Å². The van der Waals surface area contributed by atoms with E-state index in [0.29, 0.717) is 17.5 Å². The maximum absolute atomic E-state index is 7.20. The van der Waals surface area contributed by atoms with Crippen LogP contribution in [0.3, 0.4) is 0 Å². The van der Waals surface area contributed by atoms with Crippen molar-refractivity contribution in [2.75, 3.05) is 0 Å². The van der Waals surface area contributed by atoms with E-state index in [1.165, 1.54) is 50.1 Å². The van der Waals surface area contributed by atoms with E-state index < -0.39 is 10.8 Å². The van der Waals surface area contributed by atoms with Gasteiger partial charge in [0.05, 0.1) is 5.41 Å². The van der Waals surface area contributed by atoms with E-state index in [1.807, 2.05) is 24.3 Å². The Morgan fingerprint density at radius 3 is 1.53 bits per heavy atom. The molecular weight excluding hydrogens is 719 g/mol. The van der Waals surface area contributed by atoms with Gasteiger partial charge in [-0.05, 0) is 56.1 Å². The molecule has 3 aliphatic rings. The number of hydrogen-bond donors (Lipinski definition) is 0. The minimum Gasteiger partial charge on any atom is -0.456 e. The smallest absolute Gasteiger partial charge is 0.164 e. The zero-order chi connectivity index (χ0) is 39.3. The Morgan fingerprint density at radius 2 is 0.847 bits per heavy atom. The van der Waals surface area contributed by atoms with Gasteiger partial charge in [0, 0.05) is 38.8 Å². The highest BCUT2D eigenvalue weighted by atomic mass is 16.5. The van der Waals surface area contributed by atoms with Crippen LogP contribution >= 0.6 is 0 Å². The second-order valence-electron chi connectivity index (χ2n) is 16.3. The van der Waals surface area contributed by atoms with Crippen molar-refractivity contribution in [1.82, 2.24) is 15.0 Å². The number of aromatic nitrogens is 3. The molecule has 1 aromatic heterocycles. The largest absolute Gasteiger partial charge is 0.456 e. The third-order valence-electron chi connectivity index (χ3n) is 12.8. The van der Waals surface area contributed by atoms with Crippen LogP contribution in [0.1, 0.15) is 47.2 Å². The topological polar surface area (TPSA) is 47.9 Å². The molecule has 2 aliphatic carbocycles. The Hall–Kier alpha value is -7.43. The molecule has 0 bridgehead atoms. The van der Waals surface area contributed by atoms with E-state index in [9.17, 15) is 0 Å². The van der Waals surface area contributed by atoms with Gasteiger partial charge in [-0.25, -0.2) is 15.0 Å². The fourth-order valence-corrected chi connectivity index (χ4v) is 10.2. The van der Waals surface area contributed by atoms with Gasteiger partial charge in [0.15, 0.2) is 17.5 Å². The molecule has 0 saturated carbocycles. The van der Waals surface area contributed by atoms with E-state index >= 15 is 0 Å². The number of hydrogen-bond acceptors (Lipinski definition) is 4. The average molecular weight is 756 g/mol. The highest BCUT2D eigenvalue weighted by molar-refractivity contribution is 5.95. The summed E-state index contributed by atoms with van der Waals surface area (Å²) in [5.74, 6) is 3.73. The lowest BCUT2D eigenvalue weighted by Gasteiger charge is -2.41. The van der Waals surface area contributed by atoms with Crippen LogP contribution in [0.15, 0.2) is 188 Å². The first-order chi connectivity index (χ1) is 29.0. The van der Waals surface area contributed by atoms with Gasteiger partial charge in [-0.3, -0.25) is 0 Å². The maximum Gasteiger partial charge on any atom is 0.164 e. The van der Waals surface area contributed by atoms with Crippen LogP contribution < -0.4 is 4.74 Å². The summed E-state index contributed by atoms with van der Waals surface area (Å²) >= 11 is 0. The number of rotatable bonds is 4. The van der Waals surface area contributed by atoms with Crippen molar-refractivity contribution in [2.24, 2.45) is 0 Å². The van der Waals surface area contributed by atoms with E-state index in [4.69, 9.17) is 19.7 Å². The molecule has 0 saturated heterocycles. The molecule has 2 heterocycles. The van der Waals surface area contributed by atoms with Gasteiger partial charge in [-0.15, -0.1) is 0 Å². The summed E-state index contributed by atoms with van der Waals surface area (Å²) in [6, 6.07) is 66.8. The van der Waals surface area contributed by atoms with Crippen molar-refractivity contribution in [3.05, 3.63) is 221 Å². The number of nitrogens with zero attached hydrogens (tertiary/aromatic N) is 3. The van der Waals surface area contributed by atoms with Gasteiger partial charge >= 0.3 is 0 Å². The van der Waals surface area contributed by atoms with Crippen molar-refractivity contribution in [2.45, 2.75) is 24.7 Å². The summed E-state index contributed by atoms with van der Waals surface area (Å²) in [6.07, 6.45) is 0. The second kappa shape index (κ2) is 12.5. The quantitative estimate of drug-likeness (QED) is 0.179. The number of fused-ring (bicyclic) bond motifs is 13. The third kappa shape index (κ3) is 4.74. The molecular formula is C55H37N3O. The van der Waals surface area contributed by atoms with Crippen molar-refractivity contribution in [3.8, 4) is 79.0 Å². The molecule has 4 heteroatoms. The summed E-state index contributed by atoms with van der Waals surface area (Å²) in [5.41, 5.74) is 16.3. The van der Waals surface area contributed by atoms with Crippen molar-refractivity contribution < 1.29 is 4.74 Å². The fourth-order valence-electron chi connectivity index (χ4n) is 10.2. The lowest BCUT2D eigenvalue weighted by molar-refractivity contribution is 0.422. The maximum atomic E-state index is 7.20. The lowest BCUT2D eigenvalue weighted by atomic mass is 9.65. The molecule has 0 N–H and O–H groups in total. The Morgan fingerprint density at radius 1 is 0.356 bits per heavy atom. The van der Waals surface area contributed by atoms with E-state index in [2.05, 4.69) is 178 Å². The van der Waals surface area contributed by atoms with Crippen LogP contribution in [0.4, 0.5) is 0 Å². The normalized spacial score (nSPS) is 14.3. The Balaban J connectivity index is 1.08. The summed E-state index contributed by atoms with van der Waals surface area (Å²) in [7, 11) is 0. The molecule has 0 fully saturated rings. The fraction of sp³-hybridized carbons (Fsp3) is 0.0727. The Kier molecular flexibility index (Phi) is 7.16. The number of ether oxygens (including phenoxy) is 1. The first-order valence-corrected chi connectivity index (χ1v) is 20.3. The third-order valence-corrected chi connectivity index (χ3v) is 12.8. The molecule has 0 amide bonds. The first-order valence-electron chi connectivity index (χ1n) is 20.3. The van der Waals surface area contributed by atoms with Gasteiger partial charge in [0.25, 0.3) is 0 Å². The average Bonchev–Trinajstić information content (AvgIpc) is 3.73. The molecule has 59 heavy (non-hydrogen) atoms. The summed E-state index contributed by atoms with van der Waals surface area (Å²) in [6.45, 7) is 4.66. The monoisotopic (exact) mass is 755 g/mol. The van der Waals surface area contributed by atoms with Crippen LogP contribution in [0.5, 0.6) is 11.5 Å². The van der Waals surface area contributed by atoms with Gasteiger partial charge in [0.1, 0.15) is 11.5 Å². The molecule has 278 valence electrons. The lowest BCUT2D eigenvalue weighted by Crippen LogP contribution is -2.33. The van der Waals surface area contributed by atoms with Crippen molar-refractivity contribution in [3.63, 3.8) is 0 Å². The highest BCUT2D eigenvalue weighted by Crippen LogP contribution is 2.66. The number of para-hydroxylation sites is 1. The molecule has 12 rings (SSSR count). The van der Waals surface area contributed by atoms with Gasteiger partial charge in [-0.2, -0.15) is 0 Å². The molecule has 1 spiro atoms. The SMILES string of the molecule is CC1(C)c2cccc(-c3nc(-c4ccccc4)nc(-c4ccc(-c5ccccc5)cc4)n3)c2-c2ccc3c(c21)Oc1ccccc1C31c2ccccc2-c2ccccc21. The van der Waals surface area contributed by atoms with E-state index in [-0.39, 0.29) is 0 Å². The van der Waals surface area contributed by atoms with Crippen LogP contribution in [-0.4, -0.2) is 15.0 Å². The van der Waals surface area contributed by atoms with Crippen LogP contribution in [-0.2, 0) is 10.8 Å². The highest BCUT2D eigenvalue weighted by Gasteiger charge is 2.53. The van der Waals surface area contributed by atoms with Crippen LogP contribution in [0.2, 0.25) is 0 Å². The van der Waals surface area contributed by atoms with Crippen molar-refractivity contribution >= 4 is 0 Å². The summed E-state index contributed by atoms with van der Waals surface area (Å²) in [4.78, 5) is 15.6. The molecule has 0 unspecified atom stereocenters. The molecule has 0 atom stereocenters. The molecule has 1 aliphatic heterocycles. The molecule has 0 radical (unpaired) electrons. The second-order valence-corrected chi connectivity index (χ2v) is 16.3. The predicted octanol–water partition coefficient (Wildman–Crippen LogP) is 13.3. The standard InChI is InChI=1S/C55H37N3O/c1-54(2)45-26-15-22-41(53-57-51(36-18-7-4-8-19-36)56-52(58-53)37-30-28-35(29-31-37)34-16-5-3-6-17-34)48(45)40-32-33-46-50(49(40)54)59-47-27-14-13-25-44(47)55(46)42-23-11-9-20-38(42)39-21-10-12-24-43(39)55/h3-33H,1-2H3. The number of benzene rings is 8. The predicted molar refractivity (Wildman–Crippen MR) is 237 cm³/mol. The Labute approximate surface area is 343 Å². The molecule has 9 aromatic rings. The Bertz CT molecular complexity index is 3110. The zero-order valence-electron chi connectivity index (χ0n) is 32.6.